The monoisotopic (exact) mass is 396 g/mol. The lowest BCUT2D eigenvalue weighted by Gasteiger charge is -2.25. The first-order valence-corrected chi connectivity index (χ1v) is 9.04. The number of hydrogen-bond acceptors (Lipinski definition) is 7. The van der Waals surface area contributed by atoms with E-state index in [0.717, 1.165) is 16.8 Å². The lowest BCUT2D eigenvalue weighted by atomic mass is 10.0. The van der Waals surface area contributed by atoms with Gasteiger partial charge in [-0.1, -0.05) is 6.07 Å². The van der Waals surface area contributed by atoms with E-state index in [2.05, 4.69) is 30.6 Å². The van der Waals surface area contributed by atoms with Crippen LogP contribution in [0.4, 0.5) is 0 Å². The van der Waals surface area contributed by atoms with E-state index in [1.807, 2.05) is 12.1 Å². The van der Waals surface area contributed by atoms with Gasteiger partial charge >= 0.3 is 6.01 Å². The molecule has 11 heteroatoms. The van der Waals surface area contributed by atoms with Crippen LogP contribution in [0.3, 0.4) is 0 Å². The number of nitrogens with zero attached hydrogens (tertiary/aromatic N) is 6. The second-order valence-electron chi connectivity index (χ2n) is 6.60. The Hall–Kier alpha value is -3.76. The summed E-state index contributed by atoms with van der Waals surface area (Å²) in [6, 6.07) is 3.97. The number of aryl methyl sites for hydroxylation is 1. The normalized spacial score (nSPS) is 13.1. The van der Waals surface area contributed by atoms with Gasteiger partial charge in [0.05, 0.1) is 19.3 Å². The highest BCUT2D eigenvalue weighted by atomic mass is 16.5. The van der Waals surface area contributed by atoms with Gasteiger partial charge in [-0.05, 0) is 18.1 Å². The topological polar surface area (TPSA) is 131 Å². The van der Waals surface area contributed by atoms with Crippen molar-refractivity contribution in [3.63, 3.8) is 0 Å². The molecule has 0 fully saturated rings. The molecule has 0 saturated carbocycles. The van der Waals surface area contributed by atoms with Crippen molar-refractivity contribution < 1.29 is 14.3 Å². The molecule has 2 amide bonds. The first-order chi connectivity index (χ1) is 14.1. The van der Waals surface area contributed by atoms with Gasteiger partial charge in [0.2, 0.25) is 5.82 Å². The summed E-state index contributed by atoms with van der Waals surface area (Å²) >= 11 is 0. The number of hydrogen-bond donors (Lipinski definition) is 2. The summed E-state index contributed by atoms with van der Waals surface area (Å²) < 4.78 is 6.46. The fourth-order valence-corrected chi connectivity index (χ4v) is 3.23. The quantitative estimate of drug-likeness (QED) is 0.624. The summed E-state index contributed by atoms with van der Waals surface area (Å²) in [6.07, 6.45) is 3.89. The number of carbonyl (C=O) groups is 2. The van der Waals surface area contributed by atoms with Gasteiger partial charge in [0.1, 0.15) is 0 Å². The van der Waals surface area contributed by atoms with E-state index in [4.69, 9.17) is 4.74 Å². The lowest BCUT2D eigenvalue weighted by Crippen LogP contribution is -2.37. The molecule has 3 aromatic heterocycles. The second kappa shape index (κ2) is 7.70. The number of amides is 2. The Morgan fingerprint density at radius 3 is 2.97 bits per heavy atom. The smallest absolute Gasteiger partial charge is 0.314 e. The molecule has 0 spiro atoms. The number of H-pyrrole nitrogens is 1. The van der Waals surface area contributed by atoms with Crippen LogP contribution in [0.1, 0.15) is 37.9 Å². The molecule has 1 aliphatic heterocycles. The highest BCUT2D eigenvalue weighted by Crippen LogP contribution is 2.21. The van der Waals surface area contributed by atoms with Crippen LogP contribution in [0.5, 0.6) is 6.01 Å². The maximum atomic E-state index is 12.7. The van der Waals surface area contributed by atoms with Gasteiger partial charge in [-0.2, -0.15) is 10.1 Å². The maximum absolute atomic E-state index is 12.7. The Morgan fingerprint density at radius 1 is 1.38 bits per heavy atom. The van der Waals surface area contributed by atoms with Crippen LogP contribution in [-0.2, 0) is 26.6 Å². The number of pyridine rings is 1. The van der Waals surface area contributed by atoms with Gasteiger partial charge in [0.15, 0.2) is 5.69 Å². The minimum atomic E-state index is -0.299. The van der Waals surface area contributed by atoms with E-state index in [-0.39, 0.29) is 23.6 Å². The van der Waals surface area contributed by atoms with Gasteiger partial charge in [0.25, 0.3) is 11.8 Å². The third kappa shape index (κ3) is 3.66. The van der Waals surface area contributed by atoms with Gasteiger partial charge < -0.3 is 15.0 Å². The average molecular weight is 396 g/mol. The van der Waals surface area contributed by atoms with Gasteiger partial charge in [-0.15, -0.1) is 5.10 Å². The van der Waals surface area contributed by atoms with Crippen molar-refractivity contribution in [2.45, 2.75) is 19.5 Å². The molecule has 0 atom stereocenters. The molecule has 4 heterocycles. The molecule has 0 bridgehead atoms. The average Bonchev–Trinajstić information content (AvgIpc) is 3.35. The standard InChI is InChI=1S/C18H20N8O3/c1-25-18(29-2)21-15(24-25)17(28)26-7-5-12-13(10-26)22-23-14(12)16(27)20-9-11-4-3-6-19-8-11/h3-4,6,8H,5,7,9-10H2,1-2H3,(H,20,27)(H,22,23). The summed E-state index contributed by atoms with van der Waals surface area (Å²) in [5, 5.41) is 14.0. The van der Waals surface area contributed by atoms with Crippen molar-refractivity contribution in [2.24, 2.45) is 7.05 Å². The number of fused-ring (bicyclic) bond motifs is 1. The largest absolute Gasteiger partial charge is 0.467 e. The summed E-state index contributed by atoms with van der Waals surface area (Å²) in [7, 11) is 3.12. The molecule has 2 N–H and O–H groups in total. The summed E-state index contributed by atoms with van der Waals surface area (Å²) in [5.41, 5.74) is 2.82. The van der Waals surface area contributed by atoms with Crippen molar-refractivity contribution in [3.05, 3.63) is 52.9 Å². The molecule has 4 rings (SSSR count). The SMILES string of the molecule is COc1nc(C(=O)N2CCc3c(C(=O)NCc4cccnc4)n[nH]c3C2)nn1C. The van der Waals surface area contributed by atoms with E-state index in [1.54, 1.807) is 24.3 Å². The van der Waals surface area contributed by atoms with Gasteiger partial charge in [-0.3, -0.25) is 19.7 Å². The van der Waals surface area contributed by atoms with Crippen LogP contribution in [0, 0.1) is 0 Å². The van der Waals surface area contributed by atoms with Crippen molar-refractivity contribution in [1.29, 1.82) is 0 Å². The number of rotatable bonds is 5. The Morgan fingerprint density at radius 2 is 2.24 bits per heavy atom. The number of carbonyl (C=O) groups excluding carboxylic acids is 2. The fourth-order valence-electron chi connectivity index (χ4n) is 3.23. The summed E-state index contributed by atoms with van der Waals surface area (Å²) in [5.74, 6) is -0.490. The molecule has 1 aliphatic rings. The van der Waals surface area contributed by atoms with Crippen molar-refractivity contribution in [1.82, 2.24) is 40.2 Å². The molecule has 0 aliphatic carbocycles. The van der Waals surface area contributed by atoms with Crippen LogP contribution < -0.4 is 10.1 Å². The van der Waals surface area contributed by atoms with Crippen LogP contribution >= 0.6 is 0 Å². The number of nitrogens with one attached hydrogen (secondary N) is 2. The number of ether oxygens (including phenoxy) is 1. The molecule has 11 nitrogen and oxygen atoms in total. The predicted octanol–water partition coefficient (Wildman–Crippen LogP) is 0.0703. The van der Waals surface area contributed by atoms with Crippen molar-refractivity contribution in [3.8, 4) is 6.01 Å². The van der Waals surface area contributed by atoms with E-state index >= 15 is 0 Å². The van der Waals surface area contributed by atoms with Crippen LogP contribution in [0.2, 0.25) is 0 Å². The fraction of sp³-hybridized carbons (Fsp3) is 0.333. The van der Waals surface area contributed by atoms with Gasteiger partial charge in [0, 0.05) is 38.1 Å². The first kappa shape index (κ1) is 18.6. The van der Waals surface area contributed by atoms with Crippen LogP contribution in [-0.4, -0.2) is 60.3 Å². The predicted molar refractivity (Wildman–Crippen MR) is 100.0 cm³/mol. The van der Waals surface area contributed by atoms with E-state index in [1.165, 1.54) is 11.8 Å². The minimum absolute atomic E-state index is 0.0711. The van der Waals surface area contributed by atoms with E-state index in [9.17, 15) is 9.59 Å². The zero-order valence-corrected chi connectivity index (χ0v) is 16.0. The van der Waals surface area contributed by atoms with E-state index in [0.29, 0.717) is 31.7 Å². The molecule has 0 radical (unpaired) electrons. The zero-order chi connectivity index (χ0) is 20.4. The molecule has 0 saturated heterocycles. The minimum Gasteiger partial charge on any atom is -0.467 e. The number of aromatic amines is 1. The maximum Gasteiger partial charge on any atom is 0.314 e. The summed E-state index contributed by atoms with van der Waals surface area (Å²) in [4.78, 5) is 35.0. The highest BCUT2D eigenvalue weighted by Gasteiger charge is 2.30. The Bertz CT molecular complexity index is 1040. The third-order valence-electron chi connectivity index (χ3n) is 4.71. The molecule has 0 aromatic carbocycles. The van der Waals surface area contributed by atoms with E-state index < -0.39 is 0 Å². The third-order valence-corrected chi connectivity index (χ3v) is 4.71. The molecule has 150 valence electrons. The Labute approximate surface area is 166 Å². The second-order valence-corrected chi connectivity index (χ2v) is 6.60. The summed E-state index contributed by atoms with van der Waals surface area (Å²) in [6.45, 7) is 1.11. The lowest BCUT2D eigenvalue weighted by molar-refractivity contribution is 0.0719. The van der Waals surface area contributed by atoms with Crippen LogP contribution in [0.25, 0.3) is 0 Å². The molecular formula is C18H20N8O3. The molecular weight excluding hydrogens is 376 g/mol. The van der Waals surface area contributed by atoms with Gasteiger partial charge in [-0.25, -0.2) is 4.68 Å². The van der Waals surface area contributed by atoms with Crippen molar-refractivity contribution >= 4 is 11.8 Å². The zero-order valence-electron chi connectivity index (χ0n) is 16.0. The molecule has 0 unspecified atom stereocenters. The Balaban J connectivity index is 1.44. The van der Waals surface area contributed by atoms with Crippen LogP contribution in [0.15, 0.2) is 24.5 Å². The molecule has 29 heavy (non-hydrogen) atoms. The Kier molecular flexibility index (Phi) is 4.94. The molecule has 3 aromatic rings. The highest BCUT2D eigenvalue weighted by molar-refractivity contribution is 5.94. The number of aromatic nitrogens is 6. The first-order valence-electron chi connectivity index (χ1n) is 9.04. The number of methoxy groups -OCH3 is 1. The van der Waals surface area contributed by atoms with Crippen molar-refractivity contribution in [2.75, 3.05) is 13.7 Å².